The number of aromatic nitrogens is 2. The number of imidazole rings is 1. The van der Waals surface area contributed by atoms with E-state index >= 15 is 0 Å². The van der Waals surface area contributed by atoms with Crippen molar-refractivity contribution in [1.82, 2.24) is 9.55 Å². The monoisotopic (exact) mass is 302 g/mol. The van der Waals surface area contributed by atoms with Gasteiger partial charge in [-0.15, -0.1) is 0 Å². The van der Waals surface area contributed by atoms with Crippen LogP contribution in [0.25, 0.3) is 0 Å². The number of carbonyl (C=O) groups is 1. The lowest BCUT2D eigenvalue weighted by Crippen LogP contribution is -2.20. The fourth-order valence-electron chi connectivity index (χ4n) is 2.79. The van der Waals surface area contributed by atoms with Crippen LogP contribution in [-0.4, -0.2) is 25.7 Å². The van der Waals surface area contributed by atoms with Crippen molar-refractivity contribution >= 4 is 5.97 Å². The summed E-state index contributed by atoms with van der Waals surface area (Å²) in [6.45, 7) is 2.99. The maximum absolute atomic E-state index is 11.4. The van der Waals surface area contributed by atoms with Crippen molar-refractivity contribution < 1.29 is 19.7 Å². The van der Waals surface area contributed by atoms with E-state index in [2.05, 4.69) is 11.9 Å². The summed E-state index contributed by atoms with van der Waals surface area (Å²) in [7, 11) is 0. The molecule has 0 saturated carbocycles. The summed E-state index contributed by atoms with van der Waals surface area (Å²) >= 11 is 0. The van der Waals surface area contributed by atoms with E-state index in [9.17, 15) is 15.0 Å². The smallest absolute Gasteiger partial charge is 0.356 e. The first-order valence-corrected chi connectivity index (χ1v) is 7.28. The molecule has 2 heterocycles. The van der Waals surface area contributed by atoms with Crippen molar-refractivity contribution in [3.8, 4) is 11.5 Å². The van der Waals surface area contributed by atoms with Crippen molar-refractivity contribution in [2.75, 3.05) is 0 Å². The molecule has 2 aromatic rings. The van der Waals surface area contributed by atoms with Crippen molar-refractivity contribution in [2.24, 2.45) is 5.92 Å². The quantitative estimate of drug-likeness (QED) is 0.906. The van der Waals surface area contributed by atoms with E-state index in [0.717, 1.165) is 18.7 Å². The lowest BCUT2D eigenvalue weighted by Gasteiger charge is -2.22. The first-order chi connectivity index (χ1) is 10.6. The standard InChI is InChI=1S/C16H18N2O4/c1-10-6-7-18-11(8-10)15(16(20)21)17-14(18)9-22-13-5-3-2-4-12(13)19/h2-5,10,19H,6-9H2,1H3,(H,20,21). The number of benzene rings is 1. The molecule has 2 N–H and O–H groups in total. The van der Waals surface area contributed by atoms with Gasteiger partial charge < -0.3 is 19.5 Å². The predicted octanol–water partition coefficient (Wildman–Crippen LogP) is 2.45. The van der Waals surface area contributed by atoms with E-state index in [0.29, 0.717) is 23.9 Å². The second-order valence-electron chi connectivity index (χ2n) is 5.63. The second-order valence-corrected chi connectivity index (χ2v) is 5.63. The molecule has 0 spiro atoms. The Morgan fingerprint density at radius 1 is 1.45 bits per heavy atom. The van der Waals surface area contributed by atoms with Crippen LogP contribution in [0.5, 0.6) is 11.5 Å². The lowest BCUT2D eigenvalue weighted by atomic mass is 9.97. The van der Waals surface area contributed by atoms with Gasteiger partial charge in [0.05, 0.1) is 5.69 Å². The number of aromatic hydroxyl groups is 1. The summed E-state index contributed by atoms with van der Waals surface area (Å²) in [5.74, 6) is 0.448. The number of carboxylic acid groups (broad SMARTS) is 1. The number of para-hydroxylation sites is 2. The van der Waals surface area contributed by atoms with Crippen molar-refractivity contribution in [3.63, 3.8) is 0 Å². The highest BCUT2D eigenvalue weighted by molar-refractivity contribution is 5.87. The fraction of sp³-hybridized carbons (Fsp3) is 0.375. The van der Waals surface area contributed by atoms with E-state index in [1.54, 1.807) is 24.3 Å². The molecule has 1 aromatic carbocycles. The summed E-state index contributed by atoms with van der Waals surface area (Å²) in [5.41, 5.74) is 0.879. The average Bonchev–Trinajstić information content (AvgIpc) is 2.84. The van der Waals surface area contributed by atoms with Crippen LogP contribution < -0.4 is 4.74 Å². The molecule has 0 aliphatic carbocycles. The van der Waals surface area contributed by atoms with Gasteiger partial charge in [0.2, 0.25) is 0 Å². The van der Waals surface area contributed by atoms with Crippen molar-refractivity contribution in [1.29, 1.82) is 0 Å². The Labute approximate surface area is 128 Å². The van der Waals surface area contributed by atoms with E-state index in [1.165, 1.54) is 0 Å². The molecule has 1 atom stereocenters. The van der Waals surface area contributed by atoms with Crippen LogP contribution in [0, 0.1) is 5.92 Å². The fourth-order valence-corrected chi connectivity index (χ4v) is 2.79. The molecule has 116 valence electrons. The van der Waals surface area contributed by atoms with Gasteiger partial charge in [-0.25, -0.2) is 9.78 Å². The van der Waals surface area contributed by atoms with E-state index in [1.807, 2.05) is 4.57 Å². The van der Waals surface area contributed by atoms with Crippen LogP contribution in [0.1, 0.15) is 35.4 Å². The Morgan fingerprint density at radius 2 is 2.23 bits per heavy atom. The van der Waals surface area contributed by atoms with Crippen LogP contribution >= 0.6 is 0 Å². The van der Waals surface area contributed by atoms with Gasteiger partial charge in [-0.1, -0.05) is 19.1 Å². The van der Waals surface area contributed by atoms with Gasteiger partial charge in [-0.2, -0.15) is 0 Å². The van der Waals surface area contributed by atoms with Crippen LogP contribution in [-0.2, 0) is 19.6 Å². The molecule has 0 radical (unpaired) electrons. The van der Waals surface area contributed by atoms with E-state index in [-0.39, 0.29) is 18.1 Å². The topological polar surface area (TPSA) is 84.6 Å². The maximum atomic E-state index is 11.4. The molecule has 1 aliphatic rings. The number of rotatable bonds is 4. The Bertz CT molecular complexity index is 708. The zero-order chi connectivity index (χ0) is 15.7. The SMILES string of the molecule is CC1CCn2c(COc3ccccc3O)nc(C(=O)O)c2C1. The van der Waals surface area contributed by atoms with Crippen LogP contribution in [0.3, 0.4) is 0 Å². The molecular formula is C16H18N2O4. The highest BCUT2D eigenvalue weighted by Crippen LogP contribution is 2.28. The number of hydrogen-bond donors (Lipinski definition) is 2. The molecule has 1 aromatic heterocycles. The van der Waals surface area contributed by atoms with Crippen molar-refractivity contribution in [2.45, 2.75) is 32.9 Å². The van der Waals surface area contributed by atoms with Crippen molar-refractivity contribution in [3.05, 3.63) is 41.5 Å². The zero-order valence-electron chi connectivity index (χ0n) is 12.3. The normalized spacial score (nSPS) is 17.0. The Hall–Kier alpha value is -2.50. The van der Waals surface area contributed by atoms with Gasteiger partial charge in [-0.05, 0) is 30.9 Å². The molecule has 1 unspecified atom stereocenters. The van der Waals surface area contributed by atoms with E-state index < -0.39 is 5.97 Å². The molecule has 0 saturated heterocycles. The number of hydrogen-bond acceptors (Lipinski definition) is 4. The molecule has 0 fully saturated rings. The zero-order valence-corrected chi connectivity index (χ0v) is 12.3. The van der Waals surface area contributed by atoms with Crippen LogP contribution in [0.2, 0.25) is 0 Å². The summed E-state index contributed by atoms with van der Waals surface area (Å²) in [6.07, 6.45) is 1.71. The lowest BCUT2D eigenvalue weighted by molar-refractivity contribution is 0.0688. The largest absolute Gasteiger partial charge is 0.504 e. The minimum Gasteiger partial charge on any atom is -0.504 e. The minimum absolute atomic E-state index is 0.0556. The minimum atomic E-state index is -1.01. The molecule has 0 amide bonds. The third-order valence-electron chi connectivity index (χ3n) is 3.96. The third-order valence-corrected chi connectivity index (χ3v) is 3.96. The van der Waals surface area contributed by atoms with Crippen LogP contribution in [0.15, 0.2) is 24.3 Å². The number of ether oxygens (including phenoxy) is 1. The Balaban J connectivity index is 1.87. The first kappa shape index (κ1) is 14.4. The maximum Gasteiger partial charge on any atom is 0.356 e. The molecule has 22 heavy (non-hydrogen) atoms. The second kappa shape index (κ2) is 5.71. The molecular weight excluding hydrogens is 284 g/mol. The molecule has 3 rings (SSSR count). The number of phenols is 1. The Morgan fingerprint density at radius 3 is 2.95 bits per heavy atom. The van der Waals surface area contributed by atoms with Gasteiger partial charge in [0.15, 0.2) is 17.2 Å². The molecule has 6 nitrogen and oxygen atoms in total. The highest BCUT2D eigenvalue weighted by Gasteiger charge is 2.26. The van der Waals surface area contributed by atoms with Gasteiger partial charge in [-0.3, -0.25) is 0 Å². The first-order valence-electron chi connectivity index (χ1n) is 7.28. The summed E-state index contributed by atoms with van der Waals surface area (Å²) in [4.78, 5) is 15.6. The molecule has 1 aliphatic heterocycles. The number of carboxylic acids is 1. The number of nitrogens with zero attached hydrogens (tertiary/aromatic N) is 2. The summed E-state index contributed by atoms with van der Waals surface area (Å²) in [6, 6.07) is 6.68. The van der Waals surface area contributed by atoms with Gasteiger partial charge in [0.1, 0.15) is 12.4 Å². The Kier molecular flexibility index (Phi) is 3.75. The average molecular weight is 302 g/mol. The van der Waals surface area contributed by atoms with Gasteiger partial charge in [0.25, 0.3) is 0 Å². The number of aromatic carboxylic acids is 1. The molecule has 6 heteroatoms. The third kappa shape index (κ3) is 2.64. The number of phenolic OH excluding ortho intramolecular Hbond substituents is 1. The highest BCUT2D eigenvalue weighted by atomic mass is 16.5. The summed E-state index contributed by atoms with van der Waals surface area (Å²) in [5, 5.41) is 19.0. The van der Waals surface area contributed by atoms with Gasteiger partial charge >= 0.3 is 5.97 Å². The van der Waals surface area contributed by atoms with E-state index in [4.69, 9.17) is 4.74 Å². The van der Waals surface area contributed by atoms with Gasteiger partial charge in [0, 0.05) is 6.54 Å². The number of fused-ring (bicyclic) bond motifs is 1. The summed E-state index contributed by atoms with van der Waals surface area (Å²) < 4.78 is 7.52. The predicted molar refractivity (Wildman–Crippen MR) is 79.1 cm³/mol. The molecule has 0 bridgehead atoms. The van der Waals surface area contributed by atoms with Crippen LogP contribution in [0.4, 0.5) is 0 Å².